The minimum atomic E-state index is -1.48. The van der Waals surface area contributed by atoms with Gasteiger partial charge < -0.3 is 34.5 Å². The second-order valence-electron chi connectivity index (χ2n) is 5.83. The van der Waals surface area contributed by atoms with Gasteiger partial charge in [0.25, 0.3) is 0 Å². The number of hydrogen-bond donors (Lipinski definition) is 4. The van der Waals surface area contributed by atoms with Gasteiger partial charge in [0.05, 0.1) is 11.3 Å². The zero-order chi connectivity index (χ0) is 19.9. The second-order valence-corrected chi connectivity index (χ2v) is 7.57. The van der Waals surface area contributed by atoms with Gasteiger partial charge in [-0.25, -0.2) is 4.79 Å². The molecule has 2 heterocycles. The Morgan fingerprint density at radius 2 is 2.04 bits per heavy atom. The molecule has 3 rings (SSSR count). The molecule has 0 spiro atoms. The van der Waals surface area contributed by atoms with Crippen molar-refractivity contribution in [2.75, 3.05) is 6.61 Å². The third-order valence-electron chi connectivity index (χ3n) is 3.97. The van der Waals surface area contributed by atoms with Crippen LogP contribution in [0.15, 0.2) is 15.3 Å². The minimum absolute atomic E-state index is 0.00634. The van der Waals surface area contributed by atoms with Gasteiger partial charge in [-0.15, -0.1) is 0 Å². The van der Waals surface area contributed by atoms with E-state index in [4.69, 9.17) is 37.1 Å². The molecule has 0 saturated carbocycles. The molecule has 0 radical (unpaired) electrons. The SMILES string of the molecule is CC(=O)N[C@@H]1[C@H](Oc2cc3sc(=O)oc3c(Cl)c2Cl)O[C@H](CO)[C@@H](O)[C@@H]1O. The van der Waals surface area contributed by atoms with E-state index in [1.165, 1.54) is 13.0 Å². The highest BCUT2D eigenvalue weighted by atomic mass is 35.5. The highest BCUT2D eigenvalue weighted by molar-refractivity contribution is 7.16. The number of nitrogens with one attached hydrogen (secondary N) is 1. The van der Waals surface area contributed by atoms with E-state index in [0.717, 1.165) is 11.3 Å². The third-order valence-corrected chi connectivity index (χ3v) is 5.57. The fraction of sp³-hybridized carbons (Fsp3) is 0.467. The molecule has 12 heteroatoms. The number of carbonyl (C=O) groups excluding carboxylic acids is 1. The lowest BCUT2D eigenvalue weighted by molar-refractivity contribution is -0.244. The Labute approximate surface area is 166 Å². The summed E-state index contributed by atoms with van der Waals surface area (Å²) in [4.78, 5) is 22.3. The summed E-state index contributed by atoms with van der Waals surface area (Å²) in [7, 11) is 0. The average molecular weight is 440 g/mol. The number of benzene rings is 1. The second kappa shape index (κ2) is 7.92. The van der Waals surface area contributed by atoms with Crippen LogP contribution in [0.4, 0.5) is 0 Å². The summed E-state index contributed by atoms with van der Waals surface area (Å²) in [5, 5.41) is 32.0. The zero-order valence-corrected chi connectivity index (χ0v) is 16.0. The van der Waals surface area contributed by atoms with Crippen molar-refractivity contribution < 1.29 is 34.0 Å². The zero-order valence-electron chi connectivity index (χ0n) is 13.7. The normalized spacial score (nSPS) is 28.3. The first-order valence-corrected chi connectivity index (χ1v) is 9.28. The largest absolute Gasteiger partial charge is 0.461 e. The number of carbonyl (C=O) groups is 1. The molecular weight excluding hydrogens is 425 g/mol. The van der Waals surface area contributed by atoms with Gasteiger partial charge in [0.2, 0.25) is 12.2 Å². The Hall–Kier alpha value is -1.40. The average Bonchev–Trinajstić information content (AvgIpc) is 2.99. The maximum Gasteiger partial charge on any atom is 0.396 e. The number of aliphatic hydroxyl groups excluding tert-OH is 3. The third kappa shape index (κ3) is 3.92. The Morgan fingerprint density at radius 1 is 1.33 bits per heavy atom. The van der Waals surface area contributed by atoms with Crippen molar-refractivity contribution in [3.8, 4) is 5.75 Å². The monoisotopic (exact) mass is 439 g/mol. The molecule has 27 heavy (non-hydrogen) atoms. The van der Waals surface area contributed by atoms with Crippen molar-refractivity contribution in [1.82, 2.24) is 5.32 Å². The van der Waals surface area contributed by atoms with E-state index in [2.05, 4.69) is 5.32 Å². The fourth-order valence-corrected chi connectivity index (χ4v) is 3.89. The summed E-state index contributed by atoms with van der Waals surface area (Å²) in [6.45, 7) is 0.620. The number of aliphatic hydroxyl groups is 3. The number of fused-ring (bicyclic) bond motifs is 1. The van der Waals surface area contributed by atoms with Gasteiger partial charge in [0.1, 0.15) is 40.1 Å². The van der Waals surface area contributed by atoms with Crippen LogP contribution in [0.3, 0.4) is 0 Å². The van der Waals surface area contributed by atoms with Gasteiger partial charge in [0, 0.05) is 13.0 Å². The van der Waals surface area contributed by atoms with Crippen LogP contribution in [-0.4, -0.2) is 58.5 Å². The highest BCUT2D eigenvalue weighted by Gasteiger charge is 2.46. The van der Waals surface area contributed by atoms with Crippen LogP contribution < -0.4 is 15.0 Å². The van der Waals surface area contributed by atoms with E-state index in [-0.39, 0.29) is 21.4 Å². The lowest BCUT2D eigenvalue weighted by atomic mass is 9.97. The molecule has 0 bridgehead atoms. The predicted molar refractivity (Wildman–Crippen MR) is 96.4 cm³/mol. The van der Waals surface area contributed by atoms with Crippen molar-refractivity contribution in [2.45, 2.75) is 37.6 Å². The molecule has 1 amide bonds. The maximum absolute atomic E-state index is 11.5. The number of halogens is 2. The minimum Gasteiger partial charge on any atom is -0.461 e. The van der Waals surface area contributed by atoms with E-state index in [0.29, 0.717) is 4.70 Å². The molecule has 0 aliphatic carbocycles. The van der Waals surface area contributed by atoms with Crippen LogP contribution in [0.25, 0.3) is 10.3 Å². The molecule has 1 aromatic heterocycles. The summed E-state index contributed by atoms with van der Waals surface area (Å²) < 4.78 is 16.5. The molecule has 5 atom stereocenters. The van der Waals surface area contributed by atoms with Crippen molar-refractivity contribution >= 4 is 50.7 Å². The summed E-state index contributed by atoms with van der Waals surface area (Å²) in [5.74, 6) is -0.495. The molecule has 0 unspecified atom stereocenters. The summed E-state index contributed by atoms with van der Waals surface area (Å²) >= 11 is 13.1. The van der Waals surface area contributed by atoms with E-state index >= 15 is 0 Å². The van der Waals surface area contributed by atoms with E-state index in [1.807, 2.05) is 0 Å². The van der Waals surface area contributed by atoms with Crippen LogP contribution in [0, 0.1) is 0 Å². The summed E-state index contributed by atoms with van der Waals surface area (Å²) in [6.07, 6.45) is -5.39. The van der Waals surface area contributed by atoms with E-state index in [9.17, 15) is 24.9 Å². The van der Waals surface area contributed by atoms with E-state index < -0.39 is 48.1 Å². The van der Waals surface area contributed by atoms with Gasteiger partial charge in [-0.05, 0) is 0 Å². The van der Waals surface area contributed by atoms with Gasteiger partial charge in [-0.1, -0.05) is 34.5 Å². The number of ether oxygens (including phenoxy) is 2. The molecule has 1 saturated heterocycles. The molecule has 2 aromatic rings. The number of amides is 1. The van der Waals surface area contributed by atoms with Gasteiger partial charge >= 0.3 is 4.94 Å². The lowest BCUT2D eigenvalue weighted by Gasteiger charge is -2.42. The molecule has 1 aliphatic rings. The van der Waals surface area contributed by atoms with Crippen molar-refractivity contribution in [3.63, 3.8) is 0 Å². The highest BCUT2D eigenvalue weighted by Crippen LogP contribution is 2.40. The molecule has 1 aromatic carbocycles. The van der Waals surface area contributed by atoms with E-state index in [1.54, 1.807) is 0 Å². The topological polar surface area (TPSA) is 138 Å². The van der Waals surface area contributed by atoms with Crippen LogP contribution in [0.1, 0.15) is 6.92 Å². The Bertz CT molecular complexity index is 915. The Morgan fingerprint density at radius 3 is 2.67 bits per heavy atom. The van der Waals surface area contributed by atoms with Gasteiger partial charge in [-0.3, -0.25) is 4.79 Å². The van der Waals surface area contributed by atoms with Crippen LogP contribution in [0.5, 0.6) is 5.75 Å². The number of hydrogen-bond acceptors (Lipinski definition) is 9. The summed E-state index contributed by atoms with van der Waals surface area (Å²) in [6, 6.07) is 0.243. The Balaban J connectivity index is 1.97. The first-order valence-electron chi connectivity index (χ1n) is 7.70. The molecule has 9 nitrogen and oxygen atoms in total. The quantitative estimate of drug-likeness (QED) is 0.539. The van der Waals surface area contributed by atoms with Crippen molar-refractivity contribution in [1.29, 1.82) is 0 Å². The molecule has 148 valence electrons. The fourth-order valence-electron chi connectivity index (χ4n) is 2.71. The predicted octanol–water partition coefficient (Wildman–Crippen LogP) is 0.484. The molecule has 1 aliphatic heterocycles. The van der Waals surface area contributed by atoms with Crippen LogP contribution >= 0.6 is 34.5 Å². The standard InChI is InChI=1S/C15H15Cl2NO8S/c1-4(20)18-10-12(22)11(21)6(3-19)25-14(10)24-5-2-7-13(9(17)8(5)16)26-15(23)27-7/h2,6,10-12,14,19,21-22H,3H2,1H3,(H,18,20)/t6-,10+,11-,12-,14-/m1/s1. The van der Waals surface area contributed by atoms with Crippen LogP contribution in [-0.2, 0) is 9.53 Å². The smallest absolute Gasteiger partial charge is 0.396 e. The molecular formula is C15H15Cl2NO8S. The molecule has 1 fully saturated rings. The maximum atomic E-state index is 11.5. The Kier molecular flexibility index (Phi) is 5.96. The first kappa shape index (κ1) is 20.3. The van der Waals surface area contributed by atoms with Gasteiger partial charge in [0.15, 0.2) is 5.58 Å². The van der Waals surface area contributed by atoms with Crippen LogP contribution in [0.2, 0.25) is 10.0 Å². The van der Waals surface area contributed by atoms with Gasteiger partial charge in [-0.2, -0.15) is 0 Å². The lowest BCUT2D eigenvalue weighted by Crippen LogP contribution is -2.65. The first-order chi connectivity index (χ1) is 12.7. The number of rotatable bonds is 4. The summed E-state index contributed by atoms with van der Waals surface area (Å²) in [5.41, 5.74) is 0.107. The van der Waals surface area contributed by atoms with Crippen molar-refractivity contribution in [3.05, 3.63) is 25.8 Å². The van der Waals surface area contributed by atoms with Crippen molar-refractivity contribution in [2.24, 2.45) is 0 Å². The molecule has 4 N–H and O–H groups in total.